The standard InChI is InChI=1S/C14H29NO2/c1-6-8-9-12(7-2)11-17-13(16)10-15-14(3,4)5/h12,15H,6-11H2,1-5H3. The number of nitrogens with one attached hydrogen (secondary N) is 1. The van der Waals surface area contributed by atoms with Gasteiger partial charge in [-0.25, -0.2) is 0 Å². The lowest BCUT2D eigenvalue weighted by Gasteiger charge is -2.20. The fourth-order valence-electron chi connectivity index (χ4n) is 1.50. The lowest BCUT2D eigenvalue weighted by Crippen LogP contribution is -2.40. The van der Waals surface area contributed by atoms with E-state index in [2.05, 4.69) is 19.2 Å². The minimum absolute atomic E-state index is 0.0363. The van der Waals surface area contributed by atoms with Crippen LogP contribution in [0, 0.1) is 5.92 Å². The maximum Gasteiger partial charge on any atom is 0.319 e. The lowest BCUT2D eigenvalue weighted by atomic mass is 10.0. The first kappa shape index (κ1) is 16.4. The van der Waals surface area contributed by atoms with Gasteiger partial charge in [0.05, 0.1) is 13.2 Å². The van der Waals surface area contributed by atoms with Crippen LogP contribution in [0.5, 0.6) is 0 Å². The monoisotopic (exact) mass is 243 g/mol. The van der Waals surface area contributed by atoms with Crippen LogP contribution in [0.25, 0.3) is 0 Å². The number of ether oxygens (including phenoxy) is 1. The molecule has 0 saturated heterocycles. The number of rotatable bonds is 8. The van der Waals surface area contributed by atoms with Gasteiger partial charge in [-0.3, -0.25) is 4.79 Å². The van der Waals surface area contributed by atoms with Crippen molar-refractivity contribution in [1.29, 1.82) is 0 Å². The molecule has 3 heteroatoms. The van der Waals surface area contributed by atoms with Gasteiger partial charge in [-0.05, 0) is 33.1 Å². The molecule has 0 aromatic heterocycles. The maximum atomic E-state index is 11.5. The van der Waals surface area contributed by atoms with Crippen molar-refractivity contribution in [3.05, 3.63) is 0 Å². The van der Waals surface area contributed by atoms with E-state index in [9.17, 15) is 4.79 Å². The van der Waals surface area contributed by atoms with Gasteiger partial charge >= 0.3 is 5.97 Å². The van der Waals surface area contributed by atoms with Crippen LogP contribution < -0.4 is 5.32 Å². The van der Waals surface area contributed by atoms with Gasteiger partial charge in [-0.15, -0.1) is 0 Å². The van der Waals surface area contributed by atoms with Crippen LogP contribution in [0.1, 0.15) is 60.3 Å². The second-order valence-electron chi connectivity index (χ2n) is 5.70. The summed E-state index contributed by atoms with van der Waals surface area (Å²) in [5.74, 6) is 0.378. The van der Waals surface area contributed by atoms with Gasteiger partial charge in [-0.2, -0.15) is 0 Å². The third-order valence-corrected chi connectivity index (χ3v) is 2.79. The van der Waals surface area contributed by atoms with E-state index in [1.54, 1.807) is 0 Å². The molecule has 0 aliphatic heterocycles. The van der Waals surface area contributed by atoms with Crippen molar-refractivity contribution < 1.29 is 9.53 Å². The van der Waals surface area contributed by atoms with E-state index < -0.39 is 0 Å². The van der Waals surface area contributed by atoms with E-state index in [1.807, 2.05) is 20.8 Å². The Balaban J connectivity index is 3.73. The van der Waals surface area contributed by atoms with Gasteiger partial charge in [0.2, 0.25) is 0 Å². The molecule has 1 N–H and O–H groups in total. The highest BCUT2D eigenvalue weighted by molar-refractivity contribution is 5.71. The normalized spacial score (nSPS) is 13.5. The minimum Gasteiger partial charge on any atom is -0.464 e. The predicted molar refractivity (Wildman–Crippen MR) is 72.0 cm³/mol. The molecule has 0 aromatic carbocycles. The van der Waals surface area contributed by atoms with Gasteiger partial charge in [0.25, 0.3) is 0 Å². The summed E-state index contributed by atoms with van der Waals surface area (Å²) in [6.07, 6.45) is 4.67. The number of hydrogen-bond acceptors (Lipinski definition) is 3. The molecule has 0 aliphatic rings. The molecule has 0 spiro atoms. The molecule has 0 radical (unpaired) electrons. The lowest BCUT2D eigenvalue weighted by molar-refractivity contribution is -0.144. The Bertz CT molecular complexity index is 209. The average Bonchev–Trinajstić information content (AvgIpc) is 2.25. The second kappa shape index (κ2) is 8.51. The molecule has 0 fully saturated rings. The topological polar surface area (TPSA) is 38.3 Å². The summed E-state index contributed by atoms with van der Waals surface area (Å²) < 4.78 is 5.29. The molecular weight excluding hydrogens is 214 g/mol. The zero-order valence-electron chi connectivity index (χ0n) is 12.1. The summed E-state index contributed by atoms with van der Waals surface area (Å²) in [6, 6.07) is 0. The van der Waals surface area contributed by atoms with Crippen molar-refractivity contribution in [3.8, 4) is 0 Å². The van der Waals surface area contributed by atoms with Crippen molar-refractivity contribution in [1.82, 2.24) is 5.32 Å². The smallest absolute Gasteiger partial charge is 0.319 e. The van der Waals surface area contributed by atoms with Gasteiger partial charge in [0, 0.05) is 5.54 Å². The molecule has 0 amide bonds. The van der Waals surface area contributed by atoms with Gasteiger partial charge in [0.15, 0.2) is 0 Å². The Hall–Kier alpha value is -0.570. The second-order valence-corrected chi connectivity index (χ2v) is 5.70. The Morgan fingerprint density at radius 3 is 2.41 bits per heavy atom. The Kier molecular flexibility index (Phi) is 8.23. The molecular formula is C14H29NO2. The Labute approximate surface area is 106 Å². The highest BCUT2D eigenvalue weighted by Gasteiger charge is 2.13. The van der Waals surface area contributed by atoms with Gasteiger partial charge in [0.1, 0.15) is 0 Å². The molecule has 1 atom stereocenters. The van der Waals surface area contributed by atoms with Crippen molar-refractivity contribution >= 4 is 5.97 Å². The number of unbranched alkanes of at least 4 members (excludes halogenated alkanes) is 1. The van der Waals surface area contributed by atoms with Gasteiger partial charge in [-0.1, -0.05) is 33.1 Å². The zero-order chi connectivity index (χ0) is 13.3. The molecule has 0 rings (SSSR count). The fraction of sp³-hybridized carbons (Fsp3) is 0.929. The van der Waals surface area contributed by atoms with Crippen molar-refractivity contribution in [2.24, 2.45) is 5.92 Å². The SMILES string of the molecule is CCCCC(CC)COC(=O)CNC(C)(C)C. The Morgan fingerprint density at radius 1 is 1.29 bits per heavy atom. The number of carbonyl (C=O) groups is 1. The molecule has 0 bridgehead atoms. The summed E-state index contributed by atoms with van der Waals surface area (Å²) in [5, 5.41) is 3.13. The molecule has 17 heavy (non-hydrogen) atoms. The summed E-state index contributed by atoms with van der Waals surface area (Å²) in [4.78, 5) is 11.5. The first-order valence-corrected chi connectivity index (χ1v) is 6.79. The van der Waals surface area contributed by atoms with Crippen LogP contribution in [0.3, 0.4) is 0 Å². The molecule has 0 heterocycles. The fourth-order valence-corrected chi connectivity index (χ4v) is 1.50. The summed E-state index contributed by atoms with van der Waals surface area (Å²) in [5.41, 5.74) is -0.0363. The summed E-state index contributed by atoms with van der Waals surface area (Å²) >= 11 is 0. The number of esters is 1. The minimum atomic E-state index is -0.144. The summed E-state index contributed by atoms with van der Waals surface area (Å²) in [6.45, 7) is 11.3. The highest BCUT2D eigenvalue weighted by atomic mass is 16.5. The summed E-state index contributed by atoms with van der Waals surface area (Å²) in [7, 11) is 0. The van der Waals surface area contributed by atoms with E-state index >= 15 is 0 Å². The third kappa shape index (κ3) is 10.3. The average molecular weight is 243 g/mol. The van der Waals surface area contributed by atoms with Crippen molar-refractivity contribution in [2.75, 3.05) is 13.2 Å². The molecule has 0 aromatic rings. The molecule has 0 saturated carbocycles. The number of hydrogen-bond donors (Lipinski definition) is 1. The van der Waals surface area contributed by atoms with E-state index in [-0.39, 0.29) is 11.5 Å². The van der Waals surface area contributed by atoms with Crippen LogP contribution >= 0.6 is 0 Å². The molecule has 0 aliphatic carbocycles. The first-order valence-electron chi connectivity index (χ1n) is 6.79. The largest absolute Gasteiger partial charge is 0.464 e. The van der Waals surface area contributed by atoms with E-state index in [0.717, 1.165) is 12.8 Å². The highest BCUT2D eigenvalue weighted by Crippen LogP contribution is 2.12. The van der Waals surface area contributed by atoms with E-state index in [0.29, 0.717) is 19.1 Å². The number of carbonyl (C=O) groups excluding carboxylic acids is 1. The van der Waals surface area contributed by atoms with Crippen LogP contribution in [0.2, 0.25) is 0 Å². The van der Waals surface area contributed by atoms with E-state index in [4.69, 9.17) is 4.74 Å². The van der Waals surface area contributed by atoms with Crippen molar-refractivity contribution in [3.63, 3.8) is 0 Å². The molecule has 1 unspecified atom stereocenters. The zero-order valence-corrected chi connectivity index (χ0v) is 12.1. The van der Waals surface area contributed by atoms with Crippen LogP contribution in [0.15, 0.2) is 0 Å². The quantitative estimate of drug-likeness (QED) is 0.666. The predicted octanol–water partition coefficient (Wildman–Crippen LogP) is 3.13. The van der Waals surface area contributed by atoms with Gasteiger partial charge < -0.3 is 10.1 Å². The first-order chi connectivity index (χ1) is 7.89. The van der Waals surface area contributed by atoms with Crippen LogP contribution in [-0.4, -0.2) is 24.7 Å². The molecule has 3 nitrogen and oxygen atoms in total. The molecule has 102 valence electrons. The maximum absolute atomic E-state index is 11.5. The van der Waals surface area contributed by atoms with Crippen LogP contribution in [0.4, 0.5) is 0 Å². The Morgan fingerprint density at radius 2 is 1.94 bits per heavy atom. The third-order valence-electron chi connectivity index (χ3n) is 2.79. The van der Waals surface area contributed by atoms with Crippen molar-refractivity contribution in [2.45, 2.75) is 65.8 Å². The van der Waals surface area contributed by atoms with E-state index in [1.165, 1.54) is 12.8 Å². The van der Waals surface area contributed by atoms with Crippen LogP contribution in [-0.2, 0) is 9.53 Å².